The van der Waals surface area contributed by atoms with E-state index in [-0.39, 0.29) is 11.5 Å². The summed E-state index contributed by atoms with van der Waals surface area (Å²) in [5, 5.41) is 3.51. The maximum atomic E-state index is 13.4. The van der Waals surface area contributed by atoms with Crippen LogP contribution in [0.4, 0.5) is 5.82 Å². The van der Waals surface area contributed by atoms with Crippen LogP contribution in [0, 0.1) is 0 Å². The number of aromatic nitrogens is 2. The Morgan fingerprint density at radius 3 is 2.73 bits per heavy atom. The summed E-state index contributed by atoms with van der Waals surface area (Å²) >= 11 is 6.78. The number of anilines is 1. The Morgan fingerprint density at radius 2 is 1.94 bits per heavy atom. The predicted octanol–water partition coefficient (Wildman–Crippen LogP) is 5.61. The maximum absolute atomic E-state index is 13.4. The van der Waals surface area contributed by atoms with Crippen LogP contribution in [0.15, 0.2) is 34.1 Å². The molecule has 1 amide bonds. The van der Waals surface area contributed by atoms with Gasteiger partial charge in [0.1, 0.15) is 15.8 Å². The molecule has 1 N–H and O–H groups in total. The summed E-state index contributed by atoms with van der Waals surface area (Å²) in [6, 6.07) is 5.81. The zero-order valence-corrected chi connectivity index (χ0v) is 20.8. The first kappa shape index (κ1) is 24.0. The first-order valence-electron chi connectivity index (χ1n) is 12.1. The fourth-order valence-corrected chi connectivity index (χ4v) is 5.77. The van der Waals surface area contributed by atoms with Crippen LogP contribution in [0.3, 0.4) is 0 Å². The van der Waals surface area contributed by atoms with E-state index in [2.05, 4.69) is 12.2 Å². The van der Waals surface area contributed by atoms with Crippen molar-refractivity contribution < 1.29 is 4.79 Å². The average Bonchev–Trinajstić information content (AvgIpc) is 3.09. The van der Waals surface area contributed by atoms with Crippen LogP contribution in [0.5, 0.6) is 0 Å². The third-order valence-corrected chi connectivity index (χ3v) is 7.73. The molecule has 33 heavy (non-hydrogen) atoms. The molecule has 4 rings (SSSR count). The van der Waals surface area contributed by atoms with Gasteiger partial charge < -0.3 is 5.32 Å². The van der Waals surface area contributed by atoms with Crippen LogP contribution in [0.1, 0.15) is 76.7 Å². The van der Waals surface area contributed by atoms with Crippen molar-refractivity contribution in [3.8, 4) is 0 Å². The molecule has 2 fully saturated rings. The number of nitrogens with one attached hydrogen (secondary N) is 1. The van der Waals surface area contributed by atoms with E-state index in [1.165, 1.54) is 54.7 Å². The normalized spacial score (nSPS) is 18.6. The zero-order valence-electron chi connectivity index (χ0n) is 19.2. The Kier molecular flexibility index (Phi) is 8.20. The van der Waals surface area contributed by atoms with Crippen LogP contribution in [0.2, 0.25) is 0 Å². The van der Waals surface area contributed by atoms with E-state index in [0.717, 1.165) is 25.7 Å². The molecule has 3 heterocycles. The number of unbranched alkanes of at least 4 members (excludes halogenated alkanes) is 4. The summed E-state index contributed by atoms with van der Waals surface area (Å²) in [5.74, 6) is 0.449. The summed E-state index contributed by atoms with van der Waals surface area (Å²) in [6.45, 7) is 2.82. The van der Waals surface area contributed by atoms with Crippen molar-refractivity contribution in [1.29, 1.82) is 0 Å². The van der Waals surface area contributed by atoms with Crippen molar-refractivity contribution >= 4 is 51.7 Å². The largest absolute Gasteiger partial charge is 0.367 e. The van der Waals surface area contributed by atoms with Crippen LogP contribution in [-0.2, 0) is 4.79 Å². The van der Waals surface area contributed by atoms with E-state index >= 15 is 0 Å². The zero-order chi connectivity index (χ0) is 23.2. The number of thioether (sulfide) groups is 1. The highest BCUT2D eigenvalue weighted by Gasteiger charge is 2.32. The van der Waals surface area contributed by atoms with Crippen LogP contribution < -0.4 is 10.9 Å². The standard InChI is InChI=1S/C25H32N4O2S2/c1-2-3-4-5-10-16-29-24(31)20(33-25(29)32)17-19-22(26-18-12-7-6-8-13-18)27-21-14-9-11-15-28(21)23(19)30/h9,11,14-15,17-18,26H,2-8,10,12-13,16H2,1H3/b20-17-. The first-order chi connectivity index (χ1) is 16.1. The lowest BCUT2D eigenvalue weighted by Gasteiger charge is -2.24. The van der Waals surface area contributed by atoms with Crippen LogP contribution >= 0.6 is 24.0 Å². The monoisotopic (exact) mass is 484 g/mol. The highest BCUT2D eigenvalue weighted by atomic mass is 32.2. The minimum absolute atomic E-state index is 0.110. The summed E-state index contributed by atoms with van der Waals surface area (Å²) in [6.07, 6.45) is 14.8. The van der Waals surface area contributed by atoms with Crippen LogP contribution in [0.25, 0.3) is 11.7 Å². The molecule has 1 aliphatic carbocycles. The van der Waals surface area contributed by atoms with Crippen molar-refractivity contribution in [1.82, 2.24) is 14.3 Å². The van der Waals surface area contributed by atoms with Gasteiger partial charge in [-0.2, -0.15) is 0 Å². The molecule has 1 aliphatic heterocycles. The molecule has 0 aromatic carbocycles. The van der Waals surface area contributed by atoms with Gasteiger partial charge in [0.05, 0.1) is 10.5 Å². The van der Waals surface area contributed by atoms with Crippen molar-refractivity contribution in [2.45, 2.75) is 77.2 Å². The van der Waals surface area contributed by atoms with Crippen molar-refractivity contribution in [3.63, 3.8) is 0 Å². The molecule has 0 unspecified atom stereocenters. The second-order valence-corrected chi connectivity index (χ2v) is 10.5. The molecule has 2 aliphatic rings. The maximum Gasteiger partial charge on any atom is 0.267 e. The lowest BCUT2D eigenvalue weighted by Crippen LogP contribution is -2.29. The van der Waals surface area contributed by atoms with Crippen molar-refractivity contribution in [2.75, 3.05) is 11.9 Å². The third-order valence-electron chi connectivity index (χ3n) is 6.35. The molecule has 0 spiro atoms. The summed E-state index contributed by atoms with van der Waals surface area (Å²) in [4.78, 5) is 33.4. The Bertz CT molecular complexity index is 1110. The van der Waals surface area contributed by atoms with Gasteiger partial charge in [0.15, 0.2) is 0 Å². The molecule has 0 bridgehead atoms. The quantitative estimate of drug-likeness (QED) is 0.283. The van der Waals surface area contributed by atoms with Crippen LogP contribution in [-0.4, -0.2) is 37.1 Å². The number of thiocarbonyl (C=S) groups is 1. The summed E-state index contributed by atoms with van der Waals surface area (Å²) < 4.78 is 2.10. The smallest absolute Gasteiger partial charge is 0.267 e. The van der Waals surface area contributed by atoms with E-state index in [9.17, 15) is 9.59 Å². The van der Waals surface area contributed by atoms with Gasteiger partial charge in [0, 0.05) is 18.8 Å². The van der Waals surface area contributed by atoms with Gasteiger partial charge >= 0.3 is 0 Å². The predicted molar refractivity (Wildman–Crippen MR) is 141 cm³/mol. The molecular formula is C25H32N4O2S2. The highest BCUT2D eigenvalue weighted by Crippen LogP contribution is 2.33. The summed E-state index contributed by atoms with van der Waals surface area (Å²) in [5.41, 5.74) is 0.842. The van der Waals surface area contributed by atoms with E-state index in [1.807, 2.05) is 18.2 Å². The number of carbonyl (C=O) groups excluding carboxylic acids is 1. The van der Waals surface area contributed by atoms with Gasteiger partial charge in [0.25, 0.3) is 11.5 Å². The van der Waals surface area contributed by atoms with Gasteiger partial charge in [-0.15, -0.1) is 0 Å². The number of nitrogens with zero attached hydrogens (tertiary/aromatic N) is 3. The number of hydrogen-bond donors (Lipinski definition) is 1. The molecular weight excluding hydrogens is 452 g/mol. The molecule has 0 atom stereocenters. The van der Waals surface area contributed by atoms with Gasteiger partial charge in [-0.05, 0) is 37.5 Å². The molecule has 2 aromatic rings. The van der Waals surface area contributed by atoms with Crippen molar-refractivity contribution in [3.05, 3.63) is 45.2 Å². The third kappa shape index (κ3) is 5.66. The fraction of sp³-hybridized carbons (Fsp3) is 0.520. The number of pyridine rings is 1. The van der Waals surface area contributed by atoms with Gasteiger partial charge in [0.2, 0.25) is 0 Å². The fourth-order valence-electron chi connectivity index (χ4n) is 4.48. The molecule has 176 valence electrons. The summed E-state index contributed by atoms with van der Waals surface area (Å²) in [7, 11) is 0. The number of hydrogen-bond acceptors (Lipinski definition) is 6. The molecule has 2 aromatic heterocycles. The number of amides is 1. The Balaban J connectivity index is 1.61. The van der Waals surface area contributed by atoms with E-state index in [4.69, 9.17) is 17.2 Å². The Morgan fingerprint density at radius 1 is 1.15 bits per heavy atom. The minimum atomic E-state index is -0.177. The second-order valence-electron chi connectivity index (χ2n) is 8.83. The van der Waals surface area contributed by atoms with E-state index in [0.29, 0.717) is 38.8 Å². The SMILES string of the molecule is CCCCCCCN1C(=O)/C(=C/c2c(NC3CCCCC3)nc3ccccn3c2=O)SC1=S. The molecule has 0 radical (unpaired) electrons. The van der Waals surface area contributed by atoms with Gasteiger partial charge in [-0.3, -0.25) is 18.9 Å². The average molecular weight is 485 g/mol. The Hall–Kier alpha value is -2.19. The number of rotatable bonds is 9. The van der Waals surface area contributed by atoms with Gasteiger partial charge in [-0.25, -0.2) is 4.98 Å². The molecule has 6 nitrogen and oxygen atoms in total. The lowest BCUT2D eigenvalue weighted by atomic mass is 9.95. The van der Waals surface area contributed by atoms with Gasteiger partial charge in [-0.1, -0.05) is 81.9 Å². The lowest BCUT2D eigenvalue weighted by molar-refractivity contribution is -0.122. The molecule has 1 saturated heterocycles. The minimum Gasteiger partial charge on any atom is -0.367 e. The number of fused-ring (bicyclic) bond motifs is 1. The highest BCUT2D eigenvalue weighted by molar-refractivity contribution is 8.26. The Labute approximate surface area is 204 Å². The molecule has 8 heteroatoms. The second kappa shape index (κ2) is 11.3. The van der Waals surface area contributed by atoms with E-state index < -0.39 is 0 Å². The van der Waals surface area contributed by atoms with E-state index in [1.54, 1.807) is 17.2 Å². The number of carbonyl (C=O) groups is 1. The first-order valence-corrected chi connectivity index (χ1v) is 13.3. The van der Waals surface area contributed by atoms with Crippen molar-refractivity contribution in [2.24, 2.45) is 0 Å². The topological polar surface area (TPSA) is 66.7 Å². The molecule has 1 saturated carbocycles.